The predicted molar refractivity (Wildman–Crippen MR) is 134 cm³/mol. The predicted octanol–water partition coefficient (Wildman–Crippen LogP) is 4.19. The Labute approximate surface area is 195 Å². The lowest BCUT2D eigenvalue weighted by molar-refractivity contribution is 0.0728. The van der Waals surface area contributed by atoms with Crippen LogP contribution >= 0.6 is 9.24 Å². The highest BCUT2D eigenvalue weighted by atomic mass is 31.0. The molecular weight excluding hydrogens is 429 g/mol. The van der Waals surface area contributed by atoms with Crippen molar-refractivity contribution < 1.29 is 4.79 Å². The van der Waals surface area contributed by atoms with Crippen LogP contribution in [0.5, 0.6) is 0 Å². The maximum atomic E-state index is 13.6. The van der Waals surface area contributed by atoms with Gasteiger partial charge in [-0.1, -0.05) is 24.3 Å². The van der Waals surface area contributed by atoms with Gasteiger partial charge in [0.05, 0.1) is 23.3 Å². The minimum Gasteiger partial charge on any atom is -0.373 e. The van der Waals surface area contributed by atoms with E-state index in [-0.39, 0.29) is 5.91 Å². The maximum Gasteiger partial charge on any atom is 0.254 e. The molecule has 2 heterocycles. The molecule has 6 nitrogen and oxygen atoms in total. The van der Waals surface area contributed by atoms with Gasteiger partial charge in [-0.3, -0.25) is 9.78 Å². The number of carbonyl (C=O) groups excluding carboxylic acids is 1. The van der Waals surface area contributed by atoms with E-state index in [1.54, 1.807) is 17.0 Å². The number of nitrogens with zero attached hydrogens (tertiary/aromatic N) is 4. The molecule has 2 aromatic heterocycles. The van der Waals surface area contributed by atoms with E-state index in [4.69, 9.17) is 5.26 Å². The molecule has 2 aromatic carbocycles. The molecule has 4 aromatic rings. The van der Waals surface area contributed by atoms with Gasteiger partial charge in [0.15, 0.2) is 0 Å². The molecule has 164 valence electrons. The monoisotopic (exact) mass is 453 g/mol. The van der Waals surface area contributed by atoms with E-state index in [1.807, 2.05) is 62.5 Å². The van der Waals surface area contributed by atoms with Gasteiger partial charge in [-0.25, -0.2) is 4.98 Å². The Morgan fingerprint density at radius 1 is 1.12 bits per heavy atom. The topological polar surface area (TPSA) is 81.9 Å². The third-order valence-corrected chi connectivity index (χ3v) is 6.06. The van der Waals surface area contributed by atoms with Crippen LogP contribution in [0.25, 0.3) is 10.9 Å². The normalized spacial score (nSPS) is 10.6. The van der Waals surface area contributed by atoms with E-state index < -0.39 is 0 Å². The van der Waals surface area contributed by atoms with Crippen LogP contribution in [0.3, 0.4) is 0 Å². The third kappa shape index (κ3) is 5.00. The van der Waals surface area contributed by atoms with Crippen molar-refractivity contribution in [1.29, 1.82) is 5.26 Å². The quantitative estimate of drug-likeness (QED) is 0.443. The van der Waals surface area contributed by atoms with Gasteiger partial charge in [0.25, 0.3) is 5.91 Å². The van der Waals surface area contributed by atoms with E-state index >= 15 is 0 Å². The molecule has 4 rings (SSSR count). The van der Waals surface area contributed by atoms with Crippen molar-refractivity contribution in [2.75, 3.05) is 12.4 Å². The lowest BCUT2D eigenvalue weighted by Crippen LogP contribution is -2.31. The SMILES string of the molecule is CNc1nc2ccc(C(=O)N(Cc3ccc(C#N)cn3)Cc3ccccc3P)cc2cc1C. The molecule has 0 bridgehead atoms. The first-order chi connectivity index (χ1) is 16.0. The van der Waals surface area contributed by atoms with Crippen molar-refractivity contribution >= 4 is 37.2 Å². The average Bonchev–Trinajstić information content (AvgIpc) is 2.84. The first-order valence-corrected chi connectivity index (χ1v) is 11.1. The zero-order valence-corrected chi connectivity index (χ0v) is 19.7. The van der Waals surface area contributed by atoms with Gasteiger partial charge in [-0.05, 0) is 59.8 Å². The Bertz CT molecular complexity index is 1360. The number of benzene rings is 2. The van der Waals surface area contributed by atoms with Crippen LogP contribution in [-0.4, -0.2) is 27.8 Å². The lowest BCUT2D eigenvalue weighted by Gasteiger charge is -2.24. The summed E-state index contributed by atoms with van der Waals surface area (Å²) in [5.74, 6) is 0.735. The van der Waals surface area contributed by atoms with Crippen LogP contribution in [0, 0.1) is 18.3 Å². The molecule has 1 unspecified atom stereocenters. The molecule has 0 saturated carbocycles. The van der Waals surface area contributed by atoms with Gasteiger partial charge in [0.1, 0.15) is 11.9 Å². The largest absolute Gasteiger partial charge is 0.373 e. The highest BCUT2D eigenvalue weighted by Crippen LogP contribution is 2.22. The number of nitriles is 1. The highest BCUT2D eigenvalue weighted by molar-refractivity contribution is 7.27. The fourth-order valence-electron chi connectivity index (χ4n) is 3.71. The standard InChI is InChI=1S/C26H24N5OP/c1-17-11-21-12-19(8-10-23(21)30-25(17)28-2)26(32)31(15-20-5-3-4-6-24(20)33)16-22-9-7-18(13-27)14-29-22/h3-12,14H,15-16,33H2,1-2H3,(H,28,30). The van der Waals surface area contributed by atoms with Gasteiger partial charge in [0.2, 0.25) is 0 Å². The summed E-state index contributed by atoms with van der Waals surface area (Å²) in [7, 11) is 4.57. The molecule has 0 aliphatic heterocycles. The average molecular weight is 453 g/mol. The molecule has 0 radical (unpaired) electrons. The van der Waals surface area contributed by atoms with Gasteiger partial charge in [0, 0.05) is 30.7 Å². The number of carbonyl (C=O) groups is 1. The molecule has 1 amide bonds. The minimum atomic E-state index is -0.0911. The second-order valence-electron chi connectivity index (χ2n) is 7.82. The third-order valence-electron chi connectivity index (χ3n) is 5.50. The number of nitrogens with one attached hydrogen (secondary N) is 1. The van der Waals surface area contributed by atoms with E-state index in [2.05, 4.69) is 30.6 Å². The number of pyridine rings is 2. The number of hydrogen-bond acceptors (Lipinski definition) is 5. The molecule has 0 aliphatic carbocycles. The number of anilines is 1. The first kappa shape index (κ1) is 22.4. The molecule has 0 aliphatic rings. The van der Waals surface area contributed by atoms with E-state index in [9.17, 15) is 4.79 Å². The van der Waals surface area contributed by atoms with Crippen LogP contribution in [0.4, 0.5) is 5.82 Å². The van der Waals surface area contributed by atoms with Crippen LogP contribution in [0.2, 0.25) is 0 Å². The maximum absolute atomic E-state index is 13.6. The lowest BCUT2D eigenvalue weighted by atomic mass is 10.1. The molecule has 0 fully saturated rings. The summed E-state index contributed by atoms with van der Waals surface area (Å²) >= 11 is 0. The van der Waals surface area contributed by atoms with E-state index in [1.165, 1.54) is 6.20 Å². The van der Waals surface area contributed by atoms with E-state index in [0.29, 0.717) is 24.2 Å². The molecule has 7 heteroatoms. The van der Waals surface area contributed by atoms with Gasteiger partial charge in [-0.2, -0.15) is 5.26 Å². The van der Waals surface area contributed by atoms with Crippen LogP contribution in [0.15, 0.2) is 66.9 Å². The second kappa shape index (κ2) is 9.77. The highest BCUT2D eigenvalue weighted by Gasteiger charge is 2.19. The summed E-state index contributed by atoms with van der Waals surface area (Å²) in [6.45, 7) is 2.76. The van der Waals surface area contributed by atoms with Crippen molar-refractivity contribution in [3.63, 3.8) is 0 Å². The van der Waals surface area contributed by atoms with Crippen LogP contribution in [0.1, 0.15) is 32.7 Å². The Kier molecular flexibility index (Phi) is 6.63. The summed E-state index contributed by atoms with van der Waals surface area (Å²) in [6.07, 6.45) is 1.53. The number of aryl methyl sites for hydroxylation is 1. The van der Waals surface area contributed by atoms with Gasteiger partial charge in [-0.15, -0.1) is 9.24 Å². The summed E-state index contributed by atoms with van der Waals surface area (Å²) < 4.78 is 0. The smallest absolute Gasteiger partial charge is 0.254 e. The summed E-state index contributed by atoms with van der Waals surface area (Å²) in [5, 5.41) is 14.1. The Hall–Kier alpha value is -3.81. The van der Waals surface area contributed by atoms with Crippen molar-refractivity contribution in [1.82, 2.24) is 14.9 Å². The summed E-state index contributed by atoms with van der Waals surface area (Å²) in [6, 6.07) is 21.2. The fraction of sp³-hybridized carbons (Fsp3) is 0.154. The summed E-state index contributed by atoms with van der Waals surface area (Å²) in [5.41, 5.74) is 4.70. The van der Waals surface area contributed by atoms with Gasteiger partial charge < -0.3 is 10.2 Å². The number of amides is 1. The Morgan fingerprint density at radius 3 is 2.64 bits per heavy atom. The van der Waals surface area contributed by atoms with Gasteiger partial charge >= 0.3 is 0 Å². The van der Waals surface area contributed by atoms with Crippen LogP contribution in [-0.2, 0) is 13.1 Å². The second-order valence-corrected chi connectivity index (χ2v) is 8.44. The molecular formula is C26H24N5OP. The van der Waals surface area contributed by atoms with Crippen molar-refractivity contribution in [3.8, 4) is 6.07 Å². The molecule has 0 spiro atoms. The van der Waals surface area contributed by atoms with Crippen LogP contribution < -0.4 is 10.6 Å². The molecule has 33 heavy (non-hydrogen) atoms. The number of hydrogen-bond donors (Lipinski definition) is 1. The number of fused-ring (bicyclic) bond motifs is 1. The van der Waals surface area contributed by atoms with E-state index in [0.717, 1.165) is 38.8 Å². The Balaban J connectivity index is 1.69. The zero-order valence-electron chi connectivity index (χ0n) is 18.5. The Morgan fingerprint density at radius 2 is 1.94 bits per heavy atom. The summed E-state index contributed by atoms with van der Waals surface area (Å²) in [4.78, 5) is 24.4. The van der Waals surface area contributed by atoms with Crippen molar-refractivity contribution in [2.24, 2.45) is 0 Å². The van der Waals surface area contributed by atoms with Crippen molar-refractivity contribution in [2.45, 2.75) is 20.0 Å². The number of aromatic nitrogens is 2. The molecule has 1 N–H and O–H groups in total. The fourth-order valence-corrected chi connectivity index (χ4v) is 4.01. The zero-order chi connectivity index (χ0) is 23.4. The first-order valence-electron chi connectivity index (χ1n) is 10.6. The minimum absolute atomic E-state index is 0.0911. The molecule has 1 atom stereocenters. The van der Waals surface area contributed by atoms with Crippen molar-refractivity contribution in [3.05, 3.63) is 94.8 Å². The number of rotatable bonds is 6. The molecule has 0 saturated heterocycles.